The molecule has 1 aromatic carbocycles. The lowest BCUT2D eigenvalue weighted by Gasteiger charge is -2.40. The van der Waals surface area contributed by atoms with E-state index in [1.54, 1.807) is 45.9 Å². The third kappa shape index (κ3) is 5.11. The fraction of sp³-hybridized carbons (Fsp3) is 0.591. The molecule has 30 heavy (non-hydrogen) atoms. The van der Waals surface area contributed by atoms with E-state index < -0.39 is 29.1 Å². The van der Waals surface area contributed by atoms with Gasteiger partial charge in [0.2, 0.25) is 0 Å². The number of nitrogens with one attached hydrogen (secondary N) is 1. The van der Waals surface area contributed by atoms with Gasteiger partial charge in [0, 0.05) is 19.7 Å². The van der Waals surface area contributed by atoms with Crippen molar-refractivity contribution in [3.63, 3.8) is 0 Å². The van der Waals surface area contributed by atoms with Gasteiger partial charge in [-0.05, 0) is 58.2 Å². The van der Waals surface area contributed by atoms with Crippen LogP contribution in [0, 0.1) is 0 Å². The summed E-state index contributed by atoms with van der Waals surface area (Å²) in [5, 5.41) is 13.3. The third-order valence-corrected chi connectivity index (χ3v) is 5.08. The van der Waals surface area contributed by atoms with Crippen molar-refractivity contribution in [3.05, 3.63) is 29.3 Å². The normalized spacial score (nSPS) is 16.1. The van der Waals surface area contributed by atoms with E-state index in [1.807, 2.05) is 0 Å². The van der Waals surface area contributed by atoms with Crippen molar-refractivity contribution in [2.75, 3.05) is 26.0 Å². The molecule has 2 rings (SSSR count). The van der Waals surface area contributed by atoms with Crippen molar-refractivity contribution in [2.24, 2.45) is 0 Å². The summed E-state index contributed by atoms with van der Waals surface area (Å²) in [5.41, 5.74) is -0.401. The molecule has 2 N–H and O–H groups in total. The molecule has 0 bridgehead atoms. The first-order valence-electron chi connectivity index (χ1n) is 10.1. The summed E-state index contributed by atoms with van der Waals surface area (Å²) < 4.78 is 10.6. The number of hydrogen-bond acceptors (Lipinski definition) is 6. The number of carbonyl (C=O) groups is 3. The number of aliphatic hydroxyl groups excluding tert-OH is 1. The minimum Gasteiger partial charge on any atom is -0.465 e. The van der Waals surface area contributed by atoms with Crippen molar-refractivity contribution in [2.45, 2.75) is 64.1 Å². The van der Waals surface area contributed by atoms with Crippen molar-refractivity contribution < 1.29 is 29.0 Å². The van der Waals surface area contributed by atoms with E-state index in [0.29, 0.717) is 18.4 Å². The summed E-state index contributed by atoms with van der Waals surface area (Å²) in [6, 6.07) is 4.91. The Bertz CT molecular complexity index is 808. The predicted molar refractivity (Wildman–Crippen MR) is 112 cm³/mol. The standard InChI is InChI=1S/C22H32N2O6/c1-7-29-19(27)22(11-8-12-22)14-9-10-16(23-20(28)30-21(2,3)4)15(13-14)17(25)18(26)24(5)6/h9-10,13,17,25H,7-8,11-12H2,1-6H3,(H,23,28). The Balaban J connectivity index is 2.47. The van der Waals surface area contributed by atoms with Gasteiger partial charge in [-0.1, -0.05) is 12.5 Å². The van der Waals surface area contributed by atoms with Gasteiger partial charge in [0.05, 0.1) is 17.7 Å². The van der Waals surface area contributed by atoms with Gasteiger partial charge in [-0.25, -0.2) is 4.79 Å². The first kappa shape index (κ1) is 23.7. The highest BCUT2D eigenvalue weighted by Crippen LogP contribution is 2.46. The Kier molecular flexibility index (Phi) is 7.13. The first-order valence-corrected chi connectivity index (χ1v) is 10.1. The second kappa shape index (κ2) is 9.04. The highest BCUT2D eigenvalue weighted by molar-refractivity contribution is 5.91. The van der Waals surface area contributed by atoms with E-state index in [2.05, 4.69) is 5.32 Å². The minimum absolute atomic E-state index is 0.202. The van der Waals surface area contributed by atoms with Crippen LogP contribution in [0.2, 0.25) is 0 Å². The number of likely N-dealkylation sites (N-methyl/N-ethyl adjacent to an activating group) is 1. The number of rotatable bonds is 6. The fourth-order valence-corrected chi connectivity index (χ4v) is 3.40. The largest absolute Gasteiger partial charge is 0.465 e. The van der Waals surface area contributed by atoms with Gasteiger partial charge in [0.1, 0.15) is 5.60 Å². The van der Waals surface area contributed by atoms with E-state index in [0.717, 1.165) is 6.42 Å². The zero-order valence-electron chi connectivity index (χ0n) is 18.6. The summed E-state index contributed by atoms with van der Waals surface area (Å²) in [5.74, 6) is -0.860. The number of benzene rings is 1. The average molecular weight is 421 g/mol. The maximum Gasteiger partial charge on any atom is 0.412 e. The highest BCUT2D eigenvalue weighted by atomic mass is 16.6. The quantitative estimate of drug-likeness (QED) is 0.685. The SMILES string of the molecule is CCOC(=O)C1(c2ccc(NC(=O)OC(C)(C)C)c(C(O)C(=O)N(C)C)c2)CCC1. The number of nitrogens with zero attached hydrogens (tertiary/aromatic N) is 1. The number of carbonyl (C=O) groups excluding carboxylic acids is 3. The molecule has 1 unspecified atom stereocenters. The molecular weight excluding hydrogens is 388 g/mol. The maximum atomic E-state index is 12.6. The Morgan fingerprint density at radius 1 is 1.23 bits per heavy atom. The van der Waals surface area contributed by atoms with Crippen molar-refractivity contribution in [1.29, 1.82) is 0 Å². The molecule has 1 atom stereocenters. The lowest BCUT2D eigenvalue weighted by Crippen LogP contribution is -2.44. The fourth-order valence-electron chi connectivity index (χ4n) is 3.40. The van der Waals surface area contributed by atoms with E-state index in [4.69, 9.17) is 9.47 Å². The van der Waals surface area contributed by atoms with E-state index >= 15 is 0 Å². The second-order valence-electron chi connectivity index (χ2n) is 8.72. The van der Waals surface area contributed by atoms with Crippen molar-refractivity contribution in [1.82, 2.24) is 4.90 Å². The summed E-state index contributed by atoms with van der Waals surface area (Å²) >= 11 is 0. The van der Waals surface area contributed by atoms with Crippen LogP contribution in [0.5, 0.6) is 0 Å². The number of esters is 1. The Hall–Kier alpha value is -2.61. The number of hydrogen-bond donors (Lipinski definition) is 2. The van der Waals surface area contributed by atoms with E-state index in [-0.39, 0.29) is 23.8 Å². The monoisotopic (exact) mass is 420 g/mol. The van der Waals surface area contributed by atoms with Crippen LogP contribution in [0.15, 0.2) is 18.2 Å². The summed E-state index contributed by atoms with van der Waals surface area (Å²) in [6.45, 7) is 7.23. The summed E-state index contributed by atoms with van der Waals surface area (Å²) in [7, 11) is 3.06. The molecule has 0 aromatic heterocycles. The lowest BCUT2D eigenvalue weighted by atomic mass is 9.64. The average Bonchev–Trinajstić information content (AvgIpc) is 2.59. The molecule has 1 aliphatic rings. The van der Waals surface area contributed by atoms with Crippen LogP contribution in [-0.4, -0.2) is 54.3 Å². The summed E-state index contributed by atoms with van der Waals surface area (Å²) in [4.78, 5) is 38.6. The minimum atomic E-state index is -1.51. The topological polar surface area (TPSA) is 105 Å². The zero-order valence-corrected chi connectivity index (χ0v) is 18.6. The van der Waals surface area contributed by atoms with Crippen LogP contribution >= 0.6 is 0 Å². The number of aliphatic hydroxyl groups is 1. The molecule has 1 aliphatic carbocycles. The van der Waals surface area contributed by atoms with Crippen LogP contribution in [0.1, 0.15) is 64.2 Å². The smallest absolute Gasteiger partial charge is 0.412 e. The molecule has 2 amide bonds. The van der Waals surface area contributed by atoms with Gasteiger partial charge in [-0.3, -0.25) is 14.9 Å². The van der Waals surface area contributed by atoms with Crippen LogP contribution in [0.4, 0.5) is 10.5 Å². The van der Waals surface area contributed by atoms with Crippen molar-refractivity contribution in [3.8, 4) is 0 Å². The molecule has 0 aliphatic heterocycles. The van der Waals surface area contributed by atoms with Crippen LogP contribution in [0.25, 0.3) is 0 Å². The Morgan fingerprint density at radius 2 is 1.87 bits per heavy atom. The van der Waals surface area contributed by atoms with Gasteiger partial charge >= 0.3 is 12.1 Å². The molecule has 8 nitrogen and oxygen atoms in total. The molecule has 0 heterocycles. The molecule has 1 fully saturated rings. The molecule has 8 heteroatoms. The van der Waals surface area contributed by atoms with E-state index in [1.165, 1.54) is 19.0 Å². The molecule has 0 spiro atoms. The highest BCUT2D eigenvalue weighted by Gasteiger charge is 2.47. The van der Waals surface area contributed by atoms with Crippen LogP contribution in [0.3, 0.4) is 0 Å². The molecule has 1 saturated carbocycles. The molecule has 1 aromatic rings. The lowest BCUT2D eigenvalue weighted by molar-refractivity contribution is -0.153. The third-order valence-electron chi connectivity index (χ3n) is 5.08. The summed E-state index contributed by atoms with van der Waals surface area (Å²) in [6.07, 6.45) is -0.0801. The van der Waals surface area contributed by atoms with Crippen molar-refractivity contribution >= 4 is 23.7 Å². The number of amides is 2. The maximum absolute atomic E-state index is 12.6. The van der Waals surface area contributed by atoms with Gasteiger partial charge < -0.3 is 19.5 Å². The second-order valence-corrected chi connectivity index (χ2v) is 8.72. The number of ether oxygens (including phenoxy) is 2. The molecule has 0 saturated heterocycles. The predicted octanol–water partition coefficient (Wildman–Crippen LogP) is 3.14. The van der Waals surface area contributed by atoms with Gasteiger partial charge in [-0.2, -0.15) is 0 Å². The Morgan fingerprint density at radius 3 is 2.33 bits per heavy atom. The van der Waals surface area contributed by atoms with Crippen LogP contribution < -0.4 is 5.32 Å². The molecule has 0 radical (unpaired) electrons. The van der Waals surface area contributed by atoms with Gasteiger partial charge in [0.25, 0.3) is 5.91 Å². The number of anilines is 1. The van der Waals surface area contributed by atoms with E-state index in [9.17, 15) is 19.5 Å². The van der Waals surface area contributed by atoms with Gasteiger partial charge in [-0.15, -0.1) is 0 Å². The Labute approximate surface area is 177 Å². The molecular formula is C22H32N2O6. The van der Waals surface area contributed by atoms with Crippen LogP contribution in [-0.2, 0) is 24.5 Å². The molecule has 166 valence electrons. The van der Waals surface area contributed by atoms with Gasteiger partial charge in [0.15, 0.2) is 6.10 Å². The zero-order chi connectivity index (χ0) is 22.7. The first-order chi connectivity index (χ1) is 13.9.